The third kappa shape index (κ3) is 2.42. The molecule has 0 atom stereocenters. The summed E-state index contributed by atoms with van der Waals surface area (Å²) in [5, 5.41) is 0. The van der Waals surface area contributed by atoms with Crippen molar-refractivity contribution in [2.45, 2.75) is 13.5 Å². The van der Waals surface area contributed by atoms with Gasteiger partial charge >= 0.3 is 0 Å². The van der Waals surface area contributed by atoms with Gasteiger partial charge in [-0.25, -0.2) is 0 Å². The highest BCUT2D eigenvalue weighted by atomic mass is 79.9. The second-order valence-electron chi connectivity index (χ2n) is 3.94. The zero-order valence-corrected chi connectivity index (χ0v) is 11.1. The molecule has 17 heavy (non-hydrogen) atoms. The molecule has 3 nitrogen and oxygen atoms in total. The van der Waals surface area contributed by atoms with Gasteiger partial charge in [0.1, 0.15) is 0 Å². The van der Waals surface area contributed by atoms with Crippen LogP contribution in [0.5, 0.6) is 0 Å². The minimum Gasteiger partial charge on any atom is -0.397 e. The molecule has 1 heterocycles. The Morgan fingerprint density at radius 3 is 2.59 bits per heavy atom. The first-order valence-electron chi connectivity index (χ1n) is 5.28. The first kappa shape index (κ1) is 11.9. The lowest BCUT2D eigenvalue weighted by Gasteiger charge is -2.10. The lowest BCUT2D eigenvalue weighted by molar-refractivity contribution is 0.754. The molecule has 0 radical (unpaired) electrons. The lowest BCUT2D eigenvalue weighted by atomic mass is 10.2. The SMILES string of the molecule is Cc1c(N)cn(Cc2ccccc2)c(=O)c1Br. The predicted octanol–water partition coefficient (Wildman–Crippen LogP) is 2.55. The smallest absolute Gasteiger partial charge is 0.265 e. The molecule has 0 spiro atoms. The molecule has 2 rings (SSSR count). The van der Waals surface area contributed by atoms with Gasteiger partial charge in [0.05, 0.1) is 16.7 Å². The Morgan fingerprint density at radius 2 is 1.94 bits per heavy atom. The summed E-state index contributed by atoms with van der Waals surface area (Å²) in [7, 11) is 0. The van der Waals surface area contributed by atoms with Crippen LogP contribution in [0.25, 0.3) is 0 Å². The van der Waals surface area contributed by atoms with E-state index >= 15 is 0 Å². The molecule has 88 valence electrons. The van der Waals surface area contributed by atoms with Gasteiger partial charge in [0.25, 0.3) is 5.56 Å². The van der Waals surface area contributed by atoms with Crippen LogP contribution in [-0.4, -0.2) is 4.57 Å². The van der Waals surface area contributed by atoms with E-state index in [1.807, 2.05) is 37.3 Å². The van der Waals surface area contributed by atoms with E-state index in [0.29, 0.717) is 16.7 Å². The van der Waals surface area contributed by atoms with Crippen molar-refractivity contribution < 1.29 is 0 Å². The number of hydrogen-bond acceptors (Lipinski definition) is 2. The standard InChI is InChI=1S/C13H13BrN2O/c1-9-11(15)8-16(13(17)12(9)14)7-10-5-3-2-4-6-10/h2-6,8H,7,15H2,1H3. The van der Waals surface area contributed by atoms with Crippen molar-refractivity contribution in [3.63, 3.8) is 0 Å². The number of nitrogens with two attached hydrogens (primary N) is 1. The number of hydrogen-bond donors (Lipinski definition) is 1. The molecule has 0 aliphatic carbocycles. The molecule has 0 bridgehead atoms. The van der Waals surface area contributed by atoms with Crippen molar-refractivity contribution in [2.24, 2.45) is 0 Å². The van der Waals surface area contributed by atoms with Crippen LogP contribution in [0.2, 0.25) is 0 Å². The van der Waals surface area contributed by atoms with Crippen LogP contribution in [0, 0.1) is 6.92 Å². The van der Waals surface area contributed by atoms with Gasteiger partial charge in [-0.3, -0.25) is 4.79 Å². The van der Waals surface area contributed by atoms with Crippen LogP contribution < -0.4 is 11.3 Å². The second kappa shape index (κ2) is 4.75. The lowest BCUT2D eigenvalue weighted by Crippen LogP contribution is -2.22. The zero-order chi connectivity index (χ0) is 12.4. The van der Waals surface area contributed by atoms with Gasteiger partial charge in [-0.05, 0) is 34.0 Å². The molecular formula is C13H13BrN2O. The Balaban J connectivity index is 2.44. The summed E-state index contributed by atoms with van der Waals surface area (Å²) in [5.74, 6) is 0. The Bertz CT molecular complexity index is 590. The summed E-state index contributed by atoms with van der Waals surface area (Å²) in [6.07, 6.45) is 1.69. The van der Waals surface area contributed by atoms with E-state index < -0.39 is 0 Å². The van der Waals surface area contributed by atoms with Crippen LogP contribution in [0.1, 0.15) is 11.1 Å². The summed E-state index contributed by atoms with van der Waals surface area (Å²) >= 11 is 3.28. The molecule has 0 aliphatic rings. The van der Waals surface area contributed by atoms with E-state index in [9.17, 15) is 4.79 Å². The normalized spacial score (nSPS) is 10.5. The van der Waals surface area contributed by atoms with Gasteiger partial charge < -0.3 is 10.3 Å². The number of anilines is 1. The molecule has 1 aromatic heterocycles. The van der Waals surface area contributed by atoms with Crippen molar-refractivity contribution >= 4 is 21.6 Å². The monoisotopic (exact) mass is 292 g/mol. The number of aromatic nitrogens is 1. The minimum atomic E-state index is -0.0550. The van der Waals surface area contributed by atoms with Crippen molar-refractivity contribution in [3.8, 4) is 0 Å². The Labute approximate surface area is 108 Å². The summed E-state index contributed by atoms with van der Waals surface area (Å²) in [6.45, 7) is 2.36. The van der Waals surface area contributed by atoms with Crippen molar-refractivity contribution in [1.29, 1.82) is 0 Å². The van der Waals surface area contributed by atoms with Gasteiger partial charge in [-0.1, -0.05) is 30.3 Å². The number of benzene rings is 1. The third-order valence-electron chi connectivity index (χ3n) is 2.70. The number of nitrogen functional groups attached to an aromatic ring is 1. The fourth-order valence-corrected chi connectivity index (χ4v) is 2.09. The van der Waals surface area contributed by atoms with Crippen LogP contribution >= 0.6 is 15.9 Å². The van der Waals surface area contributed by atoms with E-state index in [-0.39, 0.29) is 5.56 Å². The first-order chi connectivity index (χ1) is 8.09. The van der Waals surface area contributed by atoms with Crippen molar-refractivity contribution in [3.05, 3.63) is 62.5 Å². The Morgan fingerprint density at radius 1 is 1.29 bits per heavy atom. The second-order valence-corrected chi connectivity index (χ2v) is 4.74. The van der Waals surface area contributed by atoms with Gasteiger partial charge in [0.15, 0.2) is 0 Å². The molecule has 0 fully saturated rings. The van der Waals surface area contributed by atoms with Crippen molar-refractivity contribution in [1.82, 2.24) is 4.57 Å². The summed E-state index contributed by atoms with van der Waals surface area (Å²) < 4.78 is 2.15. The first-order valence-corrected chi connectivity index (χ1v) is 6.08. The fourth-order valence-electron chi connectivity index (χ4n) is 1.63. The number of pyridine rings is 1. The maximum atomic E-state index is 12.0. The van der Waals surface area contributed by atoms with E-state index in [4.69, 9.17) is 5.73 Å². The fraction of sp³-hybridized carbons (Fsp3) is 0.154. The molecule has 2 aromatic rings. The maximum absolute atomic E-state index is 12.0. The number of nitrogens with zero attached hydrogens (tertiary/aromatic N) is 1. The molecule has 0 unspecified atom stereocenters. The predicted molar refractivity (Wildman–Crippen MR) is 73.1 cm³/mol. The molecule has 0 aliphatic heterocycles. The van der Waals surface area contributed by atoms with E-state index in [1.165, 1.54) is 0 Å². The molecule has 2 N–H and O–H groups in total. The Kier molecular flexibility index (Phi) is 3.33. The van der Waals surface area contributed by atoms with Gasteiger partial charge in [0, 0.05) is 6.20 Å². The van der Waals surface area contributed by atoms with Crippen molar-refractivity contribution in [2.75, 3.05) is 5.73 Å². The van der Waals surface area contributed by atoms with Crippen LogP contribution in [0.4, 0.5) is 5.69 Å². The largest absolute Gasteiger partial charge is 0.397 e. The molecule has 0 amide bonds. The Hall–Kier alpha value is -1.55. The third-order valence-corrected chi connectivity index (χ3v) is 3.64. The highest BCUT2D eigenvalue weighted by Gasteiger charge is 2.08. The van der Waals surface area contributed by atoms with Crippen LogP contribution in [0.15, 0.2) is 45.8 Å². The van der Waals surface area contributed by atoms with E-state index in [1.54, 1.807) is 10.8 Å². The average Bonchev–Trinajstić information content (AvgIpc) is 2.35. The zero-order valence-electron chi connectivity index (χ0n) is 9.48. The molecule has 0 saturated carbocycles. The summed E-state index contributed by atoms with van der Waals surface area (Å²) in [4.78, 5) is 12.0. The highest BCUT2D eigenvalue weighted by molar-refractivity contribution is 9.10. The highest BCUT2D eigenvalue weighted by Crippen LogP contribution is 2.17. The molecule has 1 aromatic carbocycles. The van der Waals surface area contributed by atoms with Gasteiger partial charge in [-0.2, -0.15) is 0 Å². The molecule has 4 heteroatoms. The topological polar surface area (TPSA) is 48.0 Å². The molecular weight excluding hydrogens is 280 g/mol. The van der Waals surface area contributed by atoms with Gasteiger partial charge in [0.2, 0.25) is 0 Å². The average molecular weight is 293 g/mol. The quantitative estimate of drug-likeness (QED) is 0.925. The van der Waals surface area contributed by atoms with E-state index in [0.717, 1.165) is 11.1 Å². The van der Waals surface area contributed by atoms with Crippen LogP contribution in [0.3, 0.4) is 0 Å². The molecule has 0 saturated heterocycles. The summed E-state index contributed by atoms with van der Waals surface area (Å²) in [5.41, 5.74) is 8.28. The number of rotatable bonds is 2. The van der Waals surface area contributed by atoms with Gasteiger partial charge in [-0.15, -0.1) is 0 Å². The maximum Gasteiger partial charge on any atom is 0.265 e. The number of halogens is 1. The summed E-state index contributed by atoms with van der Waals surface area (Å²) in [6, 6.07) is 9.82. The minimum absolute atomic E-state index is 0.0550. The van der Waals surface area contributed by atoms with E-state index in [2.05, 4.69) is 15.9 Å². The van der Waals surface area contributed by atoms with Crippen LogP contribution in [-0.2, 0) is 6.54 Å².